The Morgan fingerprint density at radius 3 is 2.29 bits per heavy atom. The highest BCUT2D eigenvalue weighted by molar-refractivity contribution is 8.13. The van der Waals surface area contributed by atoms with E-state index >= 15 is 0 Å². The molecule has 2 N–H and O–H groups in total. The molecule has 0 amide bonds. The van der Waals surface area contributed by atoms with Crippen LogP contribution in [0.4, 0.5) is 0 Å². The van der Waals surface area contributed by atoms with Gasteiger partial charge in [-0.05, 0) is 12.1 Å². The summed E-state index contributed by atoms with van der Waals surface area (Å²) in [5, 5.41) is 3.15. The molecule has 0 unspecified atom stereocenters. The molecule has 0 radical (unpaired) electrons. The minimum Gasteiger partial charge on any atom is -0.380 e. The molecule has 24 heavy (non-hydrogen) atoms. The molecular weight excluding hydrogens is 399 g/mol. The number of hydrogen-bond acceptors (Lipinski definition) is 5. The van der Waals surface area contributed by atoms with Gasteiger partial charge in [-0.2, -0.15) is 0 Å². The van der Waals surface area contributed by atoms with Crippen LogP contribution in [0.15, 0.2) is 52.5 Å². The highest BCUT2D eigenvalue weighted by Gasteiger charge is 2.22. The van der Waals surface area contributed by atoms with Gasteiger partial charge in [0, 0.05) is 16.2 Å². The third-order valence-electron chi connectivity index (χ3n) is 2.80. The fraction of sp³-hybridized carbons (Fsp3) is 0. The lowest BCUT2D eigenvalue weighted by molar-refractivity contribution is 0.0516. The predicted molar refractivity (Wildman–Crippen MR) is 92.1 cm³/mol. The summed E-state index contributed by atoms with van der Waals surface area (Å²) in [6.07, 6.45) is 0. The molecule has 10 heteroatoms. The van der Waals surface area contributed by atoms with Crippen LogP contribution in [0.5, 0.6) is 0 Å². The zero-order valence-corrected chi connectivity index (χ0v) is 14.8. The van der Waals surface area contributed by atoms with E-state index < -0.39 is 19.9 Å². The van der Waals surface area contributed by atoms with Gasteiger partial charge in [-0.15, -0.1) is 0 Å². The van der Waals surface area contributed by atoms with Gasteiger partial charge in [0.25, 0.3) is 9.05 Å². The molecule has 126 valence electrons. The van der Waals surface area contributed by atoms with Crippen LogP contribution in [-0.2, 0) is 13.9 Å². The first-order chi connectivity index (χ1) is 11.2. The summed E-state index contributed by atoms with van der Waals surface area (Å²) in [6.45, 7) is 0. The molecule has 2 rings (SSSR count). The SMILES string of the molecule is N/C(=N\OC(=O)c1cc(S(=O)(=O)Cl)c(Cl)cc1Cl)c1ccccc1. The van der Waals surface area contributed by atoms with Crippen LogP contribution in [-0.4, -0.2) is 20.2 Å². The highest BCUT2D eigenvalue weighted by atomic mass is 35.7. The summed E-state index contributed by atoms with van der Waals surface area (Å²) in [5.74, 6) is -1.06. The molecule has 0 fully saturated rings. The smallest absolute Gasteiger partial charge is 0.367 e. The van der Waals surface area contributed by atoms with Crippen molar-refractivity contribution < 1.29 is 18.0 Å². The Labute approximate surface area is 152 Å². The number of amidine groups is 1. The third kappa shape index (κ3) is 4.39. The van der Waals surface area contributed by atoms with Gasteiger partial charge in [0.2, 0.25) is 0 Å². The average molecular weight is 408 g/mol. The van der Waals surface area contributed by atoms with E-state index in [0.717, 1.165) is 12.1 Å². The number of rotatable bonds is 4. The van der Waals surface area contributed by atoms with Crippen molar-refractivity contribution in [3.63, 3.8) is 0 Å². The van der Waals surface area contributed by atoms with E-state index in [2.05, 4.69) is 5.16 Å². The maximum atomic E-state index is 12.0. The first-order valence-electron chi connectivity index (χ1n) is 6.24. The molecule has 2 aromatic rings. The second-order valence-corrected chi connectivity index (χ2v) is 7.77. The topological polar surface area (TPSA) is 98.8 Å². The second-order valence-electron chi connectivity index (χ2n) is 4.42. The Balaban J connectivity index is 2.31. The Morgan fingerprint density at radius 2 is 1.71 bits per heavy atom. The number of halogens is 3. The molecule has 0 bridgehead atoms. The van der Waals surface area contributed by atoms with Gasteiger partial charge in [-0.25, -0.2) is 13.2 Å². The number of oxime groups is 1. The van der Waals surface area contributed by atoms with Gasteiger partial charge in [-0.1, -0.05) is 58.7 Å². The number of hydrogen-bond donors (Lipinski definition) is 1. The second kappa shape index (κ2) is 7.40. The largest absolute Gasteiger partial charge is 0.380 e. The lowest BCUT2D eigenvalue weighted by Crippen LogP contribution is -2.15. The summed E-state index contributed by atoms with van der Waals surface area (Å²) >= 11 is 11.6. The van der Waals surface area contributed by atoms with Gasteiger partial charge >= 0.3 is 5.97 Å². The molecule has 2 aromatic carbocycles. The van der Waals surface area contributed by atoms with Crippen LogP contribution in [0.3, 0.4) is 0 Å². The number of nitrogens with zero attached hydrogens (tertiary/aromatic N) is 1. The van der Waals surface area contributed by atoms with E-state index in [-0.39, 0.29) is 21.4 Å². The van der Waals surface area contributed by atoms with Gasteiger partial charge in [0.15, 0.2) is 5.84 Å². The van der Waals surface area contributed by atoms with Crippen LogP contribution in [0.2, 0.25) is 10.0 Å². The summed E-state index contributed by atoms with van der Waals surface area (Å²) in [6, 6.07) is 10.5. The van der Waals surface area contributed by atoms with E-state index in [0.29, 0.717) is 5.56 Å². The Morgan fingerprint density at radius 1 is 1.08 bits per heavy atom. The Kier molecular flexibility index (Phi) is 5.71. The zero-order chi connectivity index (χ0) is 17.9. The first kappa shape index (κ1) is 18.5. The summed E-state index contributed by atoms with van der Waals surface area (Å²) in [4.78, 5) is 16.3. The van der Waals surface area contributed by atoms with Crippen molar-refractivity contribution in [3.05, 3.63) is 63.6 Å². The van der Waals surface area contributed by atoms with Crippen LogP contribution in [0.1, 0.15) is 15.9 Å². The van der Waals surface area contributed by atoms with Crippen molar-refractivity contribution in [2.45, 2.75) is 4.90 Å². The average Bonchev–Trinajstić information content (AvgIpc) is 2.52. The predicted octanol–water partition coefficient (Wildman–Crippen LogP) is 3.40. The molecule has 6 nitrogen and oxygen atoms in total. The van der Waals surface area contributed by atoms with Crippen molar-refractivity contribution in [2.75, 3.05) is 0 Å². The van der Waals surface area contributed by atoms with E-state index in [1.54, 1.807) is 30.3 Å². The number of nitrogens with two attached hydrogens (primary N) is 1. The molecule has 0 heterocycles. The molecule has 0 saturated heterocycles. The Hall–Kier alpha value is -1.80. The van der Waals surface area contributed by atoms with Crippen molar-refractivity contribution in [2.24, 2.45) is 10.9 Å². The molecule has 0 aliphatic carbocycles. The lowest BCUT2D eigenvalue weighted by atomic mass is 10.2. The highest BCUT2D eigenvalue weighted by Crippen LogP contribution is 2.31. The van der Waals surface area contributed by atoms with Crippen molar-refractivity contribution in [3.8, 4) is 0 Å². The summed E-state index contributed by atoms with van der Waals surface area (Å²) < 4.78 is 22.9. The van der Waals surface area contributed by atoms with Crippen LogP contribution >= 0.6 is 33.9 Å². The van der Waals surface area contributed by atoms with E-state index in [4.69, 9.17) is 44.5 Å². The summed E-state index contributed by atoms with van der Waals surface area (Å²) in [7, 11) is 1.08. The van der Waals surface area contributed by atoms with E-state index in [9.17, 15) is 13.2 Å². The number of benzene rings is 2. The molecule has 0 atom stereocenters. The van der Waals surface area contributed by atoms with E-state index in [1.165, 1.54) is 0 Å². The van der Waals surface area contributed by atoms with Crippen LogP contribution < -0.4 is 5.73 Å². The van der Waals surface area contributed by atoms with Gasteiger partial charge < -0.3 is 10.6 Å². The van der Waals surface area contributed by atoms with Crippen molar-refractivity contribution >= 4 is 54.7 Å². The normalized spacial score (nSPS) is 12.0. The van der Waals surface area contributed by atoms with Gasteiger partial charge in [-0.3, -0.25) is 0 Å². The molecule has 0 aromatic heterocycles. The Bertz CT molecular complexity index is 915. The van der Waals surface area contributed by atoms with Gasteiger partial charge in [0.05, 0.1) is 15.6 Å². The van der Waals surface area contributed by atoms with Crippen LogP contribution in [0, 0.1) is 0 Å². The monoisotopic (exact) mass is 406 g/mol. The zero-order valence-electron chi connectivity index (χ0n) is 11.7. The molecule has 0 aliphatic heterocycles. The molecular formula is C14H9Cl3N2O4S. The maximum absolute atomic E-state index is 12.0. The molecule has 0 spiro atoms. The van der Waals surface area contributed by atoms with Crippen molar-refractivity contribution in [1.29, 1.82) is 0 Å². The standard InChI is InChI=1S/C14H9Cl3N2O4S/c15-10-7-11(16)12(24(17,21)22)6-9(10)14(20)23-19-13(18)8-4-2-1-3-5-8/h1-7H,(H2,18,19). The quantitative estimate of drug-likeness (QED) is 0.275. The fourth-order valence-electron chi connectivity index (χ4n) is 1.67. The van der Waals surface area contributed by atoms with Crippen molar-refractivity contribution in [1.82, 2.24) is 0 Å². The lowest BCUT2D eigenvalue weighted by Gasteiger charge is -2.06. The van der Waals surface area contributed by atoms with Crippen LogP contribution in [0.25, 0.3) is 0 Å². The minimum atomic E-state index is -4.17. The number of carbonyl (C=O) groups excluding carboxylic acids is 1. The fourth-order valence-corrected chi connectivity index (χ4v) is 3.49. The molecule has 0 saturated carbocycles. The number of carbonyl (C=O) groups is 1. The van der Waals surface area contributed by atoms with E-state index in [1.807, 2.05) is 0 Å². The summed E-state index contributed by atoms with van der Waals surface area (Å²) in [5.41, 5.74) is 5.95. The maximum Gasteiger partial charge on any atom is 0.367 e. The molecule has 0 aliphatic rings. The first-order valence-corrected chi connectivity index (χ1v) is 9.30. The third-order valence-corrected chi connectivity index (χ3v) is 4.90. The van der Waals surface area contributed by atoms with Gasteiger partial charge in [0.1, 0.15) is 4.90 Å². The minimum absolute atomic E-state index is 0.0424.